The van der Waals surface area contributed by atoms with Gasteiger partial charge in [-0.15, -0.1) is 11.6 Å². The summed E-state index contributed by atoms with van der Waals surface area (Å²) in [4.78, 5) is 10.1. The molecule has 0 saturated carbocycles. The van der Waals surface area contributed by atoms with Crippen LogP contribution in [-0.2, 0) is 9.47 Å². The van der Waals surface area contributed by atoms with Crippen LogP contribution in [0, 0.1) is 0 Å². The van der Waals surface area contributed by atoms with Crippen molar-refractivity contribution < 1.29 is 14.3 Å². The van der Waals surface area contributed by atoms with E-state index in [4.69, 9.17) is 11.6 Å². The smallest absolute Gasteiger partial charge is 0.433 e. The van der Waals surface area contributed by atoms with E-state index in [2.05, 4.69) is 9.47 Å². The molecule has 1 rings (SSSR count). The van der Waals surface area contributed by atoms with Gasteiger partial charge in [-0.25, -0.2) is 4.79 Å². The minimum absolute atomic E-state index is 0.173. The average molecular weight is 137 g/mol. The molecule has 0 aromatic heterocycles. The highest BCUT2D eigenvalue weighted by Gasteiger charge is 2.17. The van der Waals surface area contributed by atoms with E-state index < -0.39 is 6.16 Å². The molecular weight excluding hydrogens is 131 g/mol. The van der Waals surface area contributed by atoms with Gasteiger partial charge in [-0.05, 0) is 0 Å². The van der Waals surface area contributed by atoms with Crippen molar-refractivity contribution >= 4 is 17.8 Å². The van der Waals surface area contributed by atoms with Crippen LogP contribution in [-0.4, -0.2) is 24.7 Å². The molecule has 1 aliphatic rings. The van der Waals surface area contributed by atoms with Gasteiger partial charge < -0.3 is 9.47 Å². The molecular formula is C4H5ClO3. The van der Waals surface area contributed by atoms with E-state index in [0.717, 1.165) is 0 Å². The van der Waals surface area contributed by atoms with Crippen molar-refractivity contribution in [2.24, 2.45) is 0 Å². The summed E-state index contributed by atoms with van der Waals surface area (Å²) in [7, 11) is 0. The topological polar surface area (TPSA) is 35.5 Å². The lowest BCUT2D eigenvalue weighted by molar-refractivity contribution is 0.0215. The molecule has 1 aliphatic heterocycles. The Labute approximate surface area is 51.5 Å². The summed E-state index contributed by atoms with van der Waals surface area (Å²) in [6, 6.07) is 0. The lowest BCUT2D eigenvalue weighted by Crippen LogP contribution is -2.27. The van der Waals surface area contributed by atoms with Crippen LogP contribution in [0.5, 0.6) is 0 Å². The number of halogens is 1. The molecule has 1 fully saturated rings. The Morgan fingerprint density at radius 1 is 1.50 bits per heavy atom. The van der Waals surface area contributed by atoms with Gasteiger partial charge in [0, 0.05) is 0 Å². The van der Waals surface area contributed by atoms with Gasteiger partial charge in [0.05, 0.1) is 0 Å². The Hall–Kier alpha value is -0.440. The highest BCUT2D eigenvalue weighted by atomic mass is 35.5. The SMILES string of the molecule is O=C1OCC(Cl)CO1. The van der Waals surface area contributed by atoms with Crippen molar-refractivity contribution in [3.8, 4) is 0 Å². The zero-order valence-electron chi connectivity index (χ0n) is 4.09. The molecule has 1 saturated heterocycles. The van der Waals surface area contributed by atoms with Crippen LogP contribution in [0.2, 0.25) is 0 Å². The van der Waals surface area contributed by atoms with Crippen molar-refractivity contribution in [2.45, 2.75) is 5.38 Å². The van der Waals surface area contributed by atoms with Crippen LogP contribution in [0.4, 0.5) is 4.79 Å². The van der Waals surface area contributed by atoms with E-state index in [9.17, 15) is 4.79 Å². The summed E-state index contributed by atoms with van der Waals surface area (Å²) in [5.41, 5.74) is 0. The second-order valence-corrected chi connectivity index (χ2v) is 2.09. The van der Waals surface area contributed by atoms with Crippen molar-refractivity contribution in [3.63, 3.8) is 0 Å². The summed E-state index contributed by atoms with van der Waals surface area (Å²) >= 11 is 5.48. The summed E-state index contributed by atoms with van der Waals surface area (Å²) in [6.07, 6.45) is -0.623. The number of alkyl halides is 1. The molecule has 3 nitrogen and oxygen atoms in total. The molecule has 0 N–H and O–H groups in total. The minimum atomic E-state index is -0.623. The average Bonchev–Trinajstić information content (AvgIpc) is 1.77. The Morgan fingerprint density at radius 2 is 2.00 bits per heavy atom. The third-order valence-electron chi connectivity index (χ3n) is 0.764. The number of hydrogen-bond acceptors (Lipinski definition) is 3. The van der Waals surface area contributed by atoms with Crippen LogP contribution in [0.15, 0.2) is 0 Å². The molecule has 0 unspecified atom stereocenters. The Balaban J connectivity index is 2.29. The monoisotopic (exact) mass is 136 g/mol. The van der Waals surface area contributed by atoms with Crippen LogP contribution in [0.1, 0.15) is 0 Å². The predicted molar refractivity (Wildman–Crippen MR) is 26.9 cm³/mol. The molecule has 4 heteroatoms. The van der Waals surface area contributed by atoms with Gasteiger partial charge in [-0.1, -0.05) is 0 Å². The molecule has 0 aromatic rings. The minimum Gasteiger partial charge on any atom is -0.433 e. The molecule has 0 spiro atoms. The maximum atomic E-state index is 10.1. The van der Waals surface area contributed by atoms with Crippen LogP contribution in [0.3, 0.4) is 0 Å². The molecule has 0 radical (unpaired) electrons. The fourth-order valence-electron chi connectivity index (χ4n) is 0.407. The van der Waals surface area contributed by atoms with Gasteiger partial charge in [-0.3, -0.25) is 0 Å². The van der Waals surface area contributed by atoms with E-state index in [1.807, 2.05) is 0 Å². The fraction of sp³-hybridized carbons (Fsp3) is 0.750. The standard InChI is InChI=1S/C4H5ClO3/c5-3-1-7-4(6)8-2-3/h3H,1-2H2. The number of carbonyl (C=O) groups is 1. The fourth-order valence-corrected chi connectivity index (χ4v) is 0.533. The van der Waals surface area contributed by atoms with Gasteiger partial charge in [0.15, 0.2) is 0 Å². The van der Waals surface area contributed by atoms with Gasteiger partial charge in [0.1, 0.15) is 18.6 Å². The molecule has 0 aliphatic carbocycles. The molecule has 1 heterocycles. The number of hydrogen-bond donors (Lipinski definition) is 0. The van der Waals surface area contributed by atoms with E-state index in [1.54, 1.807) is 0 Å². The number of cyclic esters (lactones) is 2. The van der Waals surface area contributed by atoms with Crippen LogP contribution in [0.25, 0.3) is 0 Å². The molecule has 0 aromatic carbocycles. The molecule has 0 amide bonds. The number of carbonyl (C=O) groups excluding carboxylic acids is 1. The highest BCUT2D eigenvalue weighted by Crippen LogP contribution is 2.04. The lowest BCUT2D eigenvalue weighted by Gasteiger charge is -2.15. The number of ether oxygens (including phenoxy) is 2. The third kappa shape index (κ3) is 1.26. The first-order chi connectivity index (χ1) is 3.79. The quantitative estimate of drug-likeness (QED) is 0.364. The van der Waals surface area contributed by atoms with Crippen molar-refractivity contribution in [1.82, 2.24) is 0 Å². The highest BCUT2D eigenvalue weighted by molar-refractivity contribution is 6.21. The second-order valence-electron chi connectivity index (χ2n) is 1.47. The Morgan fingerprint density at radius 3 is 2.38 bits per heavy atom. The van der Waals surface area contributed by atoms with Crippen molar-refractivity contribution in [1.29, 1.82) is 0 Å². The van der Waals surface area contributed by atoms with E-state index >= 15 is 0 Å². The van der Waals surface area contributed by atoms with E-state index in [1.165, 1.54) is 0 Å². The van der Waals surface area contributed by atoms with Crippen LogP contribution >= 0.6 is 11.6 Å². The molecule has 0 bridgehead atoms. The second kappa shape index (κ2) is 2.22. The van der Waals surface area contributed by atoms with E-state index in [0.29, 0.717) is 0 Å². The summed E-state index contributed by atoms with van der Waals surface area (Å²) in [5, 5.41) is -0.173. The third-order valence-corrected chi connectivity index (χ3v) is 1.02. The maximum absolute atomic E-state index is 10.1. The van der Waals surface area contributed by atoms with Crippen molar-refractivity contribution in [3.05, 3.63) is 0 Å². The molecule has 0 atom stereocenters. The number of rotatable bonds is 0. The predicted octanol–water partition coefficient (Wildman–Crippen LogP) is 0.761. The zero-order chi connectivity index (χ0) is 5.98. The first-order valence-corrected chi connectivity index (χ1v) is 2.66. The van der Waals surface area contributed by atoms with Crippen molar-refractivity contribution in [2.75, 3.05) is 13.2 Å². The van der Waals surface area contributed by atoms with Crippen LogP contribution < -0.4 is 0 Å². The molecule has 46 valence electrons. The van der Waals surface area contributed by atoms with E-state index in [-0.39, 0.29) is 18.6 Å². The zero-order valence-corrected chi connectivity index (χ0v) is 4.85. The summed E-state index contributed by atoms with van der Waals surface area (Å²) < 4.78 is 8.79. The van der Waals surface area contributed by atoms with Gasteiger partial charge >= 0.3 is 6.16 Å². The summed E-state index contributed by atoms with van der Waals surface area (Å²) in [5.74, 6) is 0. The Bertz CT molecular complexity index is 93.5. The van der Waals surface area contributed by atoms with Gasteiger partial charge in [-0.2, -0.15) is 0 Å². The largest absolute Gasteiger partial charge is 0.508 e. The first-order valence-electron chi connectivity index (χ1n) is 2.22. The maximum Gasteiger partial charge on any atom is 0.508 e. The van der Waals surface area contributed by atoms with Gasteiger partial charge in [0.2, 0.25) is 0 Å². The normalized spacial score (nSPS) is 21.9. The summed E-state index contributed by atoms with van der Waals surface area (Å²) in [6.45, 7) is 0.529. The Kier molecular flexibility index (Phi) is 1.58. The first kappa shape index (κ1) is 5.69. The molecule has 8 heavy (non-hydrogen) atoms. The lowest BCUT2D eigenvalue weighted by atomic mass is 10.5. The van der Waals surface area contributed by atoms with Gasteiger partial charge in [0.25, 0.3) is 0 Å².